The lowest BCUT2D eigenvalue weighted by Gasteiger charge is -2.37. The van der Waals surface area contributed by atoms with E-state index in [9.17, 15) is 4.79 Å². The largest absolute Gasteiger partial charge is 0.354 e. The topological polar surface area (TPSA) is 75.9 Å². The van der Waals surface area contributed by atoms with Gasteiger partial charge in [-0.3, -0.25) is 4.79 Å². The molecule has 1 amide bonds. The van der Waals surface area contributed by atoms with Gasteiger partial charge < -0.3 is 14.8 Å². The Hall–Kier alpha value is -2.25. The van der Waals surface area contributed by atoms with Gasteiger partial charge in [0.15, 0.2) is 17.0 Å². The van der Waals surface area contributed by atoms with Gasteiger partial charge >= 0.3 is 0 Å². The highest BCUT2D eigenvalue weighted by Gasteiger charge is 2.36. The van der Waals surface area contributed by atoms with E-state index in [1.54, 1.807) is 6.33 Å². The summed E-state index contributed by atoms with van der Waals surface area (Å²) in [5.74, 6) is 0.615. The molecule has 0 atom stereocenters. The van der Waals surface area contributed by atoms with Gasteiger partial charge in [-0.1, -0.05) is 20.8 Å². The van der Waals surface area contributed by atoms with E-state index in [2.05, 4.69) is 20.3 Å². The Morgan fingerprint density at radius 1 is 1.28 bits per heavy atom. The van der Waals surface area contributed by atoms with Crippen LogP contribution < -0.4 is 10.2 Å². The van der Waals surface area contributed by atoms with Gasteiger partial charge in [0.05, 0.1) is 12.9 Å². The van der Waals surface area contributed by atoms with Gasteiger partial charge in [0, 0.05) is 38.4 Å². The number of carbonyl (C=O) groups excluding carboxylic acids is 1. The van der Waals surface area contributed by atoms with E-state index in [0.717, 1.165) is 17.0 Å². The first-order valence-corrected chi connectivity index (χ1v) is 8.54. The van der Waals surface area contributed by atoms with Gasteiger partial charge in [-0.2, -0.15) is 0 Å². The molecule has 0 unspecified atom stereocenters. The van der Waals surface area contributed by atoms with E-state index >= 15 is 4.39 Å². The van der Waals surface area contributed by atoms with E-state index in [-0.39, 0.29) is 12.5 Å². The van der Waals surface area contributed by atoms with Crippen molar-refractivity contribution in [3.8, 4) is 0 Å². The average molecular weight is 348 g/mol. The second-order valence-electron chi connectivity index (χ2n) is 7.80. The van der Waals surface area contributed by atoms with Gasteiger partial charge in [-0.05, 0) is 0 Å². The van der Waals surface area contributed by atoms with E-state index in [0.29, 0.717) is 25.9 Å². The zero-order valence-electron chi connectivity index (χ0n) is 15.2. The molecule has 1 aliphatic rings. The summed E-state index contributed by atoms with van der Waals surface area (Å²) in [5.41, 5.74) is -0.395. The highest BCUT2D eigenvalue weighted by Crippen LogP contribution is 2.30. The molecule has 8 heteroatoms. The minimum absolute atomic E-state index is 0.0553. The summed E-state index contributed by atoms with van der Waals surface area (Å²) in [4.78, 5) is 27.0. The monoisotopic (exact) mass is 348 g/mol. The second kappa shape index (κ2) is 6.24. The fraction of sp³-hybridized carbons (Fsp3) is 0.647. The van der Waals surface area contributed by atoms with Crippen LogP contribution in [-0.2, 0) is 11.8 Å². The van der Waals surface area contributed by atoms with Crippen molar-refractivity contribution in [3.05, 3.63) is 12.7 Å². The number of aromatic nitrogens is 4. The zero-order valence-corrected chi connectivity index (χ0v) is 15.2. The van der Waals surface area contributed by atoms with Crippen molar-refractivity contribution in [2.45, 2.75) is 39.3 Å². The van der Waals surface area contributed by atoms with Gasteiger partial charge in [-0.15, -0.1) is 0 Å². The Kier molecular flexibility index (Phi) is 4.38. The first-order valence-electron chi connectivity index (χ1n) is 8.54. The van der Waals surface area contributed by atoms with E-state index in [1.165, 1.54) is 6.33 Å². The van der Waals surface area contributed by atoms with Gasteiger partial charge in [-0.25, -0.2) is 19.3 Å². The molecule has 1 aliphatic heterocycles. The fourth-order valence-electron chi connectivity index (χ4n) is 2.96. The minimum atomic E-state index is -1.38. The lowest BCUT2D eigenvalue weighted by Crippen LogP contribution is -2.50. The Morgan fingerprint density at radius 3 is 2.60 bits per heavy atom. The number of anilines is 1. The third kappa shape index (κ3) is 3.57. The number of fused-ring (bicyclic) bond motifs is 1. The van der Waals surface area contributed by atoms with Crippen molar-refractivity contribution in [2.75, 3.05) is 24.5 Å². The van der Waals surface area contributed by atoms with Crippen LogP contribution in [-0.4, -0.2) is 50.7 Å². The molecule has 25 heavy (non-hydrogen) atoms. The van der Waals surface area contributed by atoms with Gasteiger partial charge in [0.25, 0.3) is 0 Å². The first kappa shape index (κ1) is 17.6. The number of alkyl halides is 1. The second-order valence-corrected chi connectivity index (χ2v) is 7.80. The maximum atomic E-state index is 15.0. The van der Waals surface area contributed by atoms with E-state index in [4.69, 9.17) is 0 Å². The first-order chi connectivity index (χ1) is 11.7. The van der Waals surface area contributed by atoms with E-state index in [1.807, 2.05) is 37.3 Å². The zero-order chi connectivity index (χ0) is 18.2. The molecule has 136 valence electrons. The molecule has 0 bridgehead atoms. The number of hydrogen-bond acceptors (Lipinski definition) is 5. The SMILES string of the molecule is Cn1cnc2c(N3CCC(F)(CNC(=O)C(C)(C)C)CC3)ncnc21. The number of imidazole rings is 1. The standard InChI is InChI=1S/C17H25FN6O/c1-16(2,3)15(25)19-9-17(18)5-7-24(8-6-17)14-12-13(20-10-21-14)23(4)11-22-12/h10-11H,5-9H2,1-4H3,(H,19,25). The Bertz CT molecular complexity index is 773. The molecule has 1 N–H and O–H groups in total. The smallest absolute Gasteiger partial charge is 0.225 e. The van der Waals surface area contributed by atoms with Crippen molar-refractivity contribution >= 4 is 22.9 Å². The van der Waals surface area contributed by atoms with Crippen LogP contribution in [0.1, 0.15) is 33.6 Å². The van der Waals surface area contributed by atoms with Crippen LogP contribution in [0, 0.1) is 5.41 Å². The number of carbonyl (C=O) groups is 1. The van der Waals surface area contributed by atoms with Gasteiger partial charge in [0.2, 0.25) is 5.91 Å². The van der Waals surface area contributed by atoms with Crippen LogP contribution in [0.5, 0.6) is 0 Å². The summed E-state index contributed by atoms with van der Waals surface area (Å²) in [6.45, 7) is 6.59. The molecule has 0 aromatic carbocycles. The molecule has 0 radical (unpaired) electrons. The van der Waals surface area contributed by atoms with E-state index < -0.39 is 11.1 Å². The summed E-state index contributed by atoms with van der Waals surface area (Å²) >= 11 is 0. The molecule has 1 fully saturated rings. The molecule has 7 nitrogen and oxygen atoms in total. The minimum Gasteiger partial charge on any atom is -0.354 e. The molecule has 3 heterocycles. The molecule has 3 rings (SSSR count). The van der Waals surface area contributed by atoms with Crippen LogP contribution in [0.2, 0.25) is 0 Å². The highest BCUT2D eigenvalue weighted by atomic mass is 19.1. The predicted octanol–water partition coefficient (Wildman–Crippen LogP) is 1.83. The third-order valence-corrected chi connectivity index (χ3v) is 4.68. The number of aryl methyl sites for hydroxylation is 1. The van der Waals surface area contributed by atoms with Crippen molar-refractivity contribution in [3.63, 3.8) is 0 Å². The predicted molar refractivity (Wildman–Crippen MR) is 94.1 cm³/mol. The number of halogens is 1. The van der Waals surface area contributed by atoms with Crippen molar-refractivity contribution in [1.29, 1.82) is 0 Å². The summed E-state index contributed by atoms with van der Waals surface area (Å²) < 4.78 is 16.9. The fourth-order valence-corrected chi connectivity index (χ4v) is 2.96. The molecule has 0 saturated carbocycles. The highest BCUT2D eigenvalue weighted by molar-refractivity contribution is 5.83. The molecule has 2 aromatic heterocycles. The quantitative estimate of drug-likeness (QED) is 0.916. The van der Waals surface area contributed by atoms with Crippen LogP contribution in [0.15, 0.2) is 12.7 Å². The maximum Gasteiger partial charge on any atom is 0.225 e. The Balaban J connectivity index is 1.66. The van der Waals surface area contributed by atoms with Crippen LogP contribution in [0.25, 0.3) is 11.2 Å². The van der Waals surface area contributed by atoms with Crippen molar-refractivity contribution in [2.24, 2.45) is 12.5 Å². The maximum absolute atomic E-state index is 15.0. The lowest BCUT2D eigenvalue weighted by molar-refractivity contribution is -0.129. The summed E-state index contributed by atoms with van der Waals surface area (Å²) in [6, 6.07) is 0. The number of piperidine rings is 1. The van der Waals surface area contributed by atoms with Gasteiger partial charge in [0.1, 0.15) is 12.0 Å². The molecule has 0 spiro atoms. The molecular formula is C17H25FN6O. The normalized spacial score (nSPS) is 17.7. The Labute approximate surface area is 146 Å². The van der Waals surface area contributed by atoms with Crippen LogP contribution in [0.4, 0.5) is 10.2 Å². The number of hydrogen-bond donors (Lipinski definition) is 1. The van der Waals surface area contributed by atoms with Crippen LogP contribution in [0.3, 0.4) is 0 Å². The molecule has 2 aromatic rings. The Morgan fingerprint density at radius 2 is 1.96 bits per heavy atom. The average Bonchev–Trinajstić information content (AvgIpc) is 2.94. The summed E-state index contributed by atoms with van der Waals surface area (Å²) in [5, 5.41) is 2.75. The van der Waals surface area contributed by atoms with Crippen molar-refractivity contribution in [1.82, 2.24) is 24.8 Å². The molecule has 1 saturated heterocycles. The number of nitrogens with one attached hydrogen (secondary N) is 1. The summed E-state index contributed by atoms with van der Waals surface area (Å²) in [7, 11) is 1.88. The lowest BCUT2D eigenvalue weighted by atomic mass is 9.91. The molecule has 0 aliphatic carbocycles. The summed E-state index contributed by atoms with van der Waals surface area (Å²) in [6.07, 6.45) is 3.90. The third-order valence-electron chi connectivity index (χ3n) is 4.68. The van der Waals surface area contributed by atoms with Crippen molar-refractivity contribution < 1.29 is 9.18 Å². The number of nitrogens with zero attached hydrogens (tertiary/aromatic N) is 5. The molecular weight excluding hydrogens is 323 g/mol. The van der Waals surface area contributed by atoms with Crippen LogP contribution >= 0.6 is 0 Å². The number of rotatable bonds is 3. The number of amides is 1.